The lowest BCUT2D eigenvalue weighted by molar-refractivity contribution is 0.103. The largest absolute Gasteiger partial charge is 0.289 e. The molecule has 0 atom stereocenters. The third kappa shape index (κ3) is 4.38. The van der Waals surface area contributed by atoms with Crippen LogP contribution in [-0.4, -0.2) is 10.8 Å². The highest BCUT2D eigenvalue weighted by Gasteiger charge is 2.36. The van der Waals surface area contributed by atoms with Crippen LogP contribution in [0.2, 0.25) is 0 Å². The van der Waals surface area contributed by atoms with Crippen molar-refractivity contribution < 1.29 is 4.79 Å². The molecule has 6 aromatic rings. The summed E-state index contributed by atoms with van der Waals surface area (Å²) in [6.45, 7) is 4.43. The molecule has 2 heteroatoms. The van der Waals surface area contributed by atoms with E-state index in [1.54, 1.807) is 0 Å². The topological polar surface area (TPSA) is 30.0 Å². The average Bonchev–Trinajstić information content (AvgIpc) is 3.04. The molecule has 0 radical (unpaired) electrons. The molecular formula is C39H29NO. The van der Waals surface area contributed by atoms with Gasteiger partial charge in [-0.3, -0.25) is 4.79 Å². The van der Waals surface area contributed by atoms with Gasteiger partial charge in [0.25, 0.3) is 0 Å². The fraction of sp³-hybridized carbons (Fsp3) is 0.0769. The van der Waals surface area contributed by atoms with Crippen molar-refractivity contribution in [3.8, 4) is 44.8 Å². The van der Waals surface area contributed by atoms with E-state index in [0.717, 1.165) is 67.0 Å². The lowest BCUT2D eigenvalue weighted by atomic mass is 9.68. The summed E-state index contributed by atoms with van der Waals surface area (Å²) in [5.74, 6) is 0.105. The maximum Gasteiger partial charge on any atom is 0.193 e. The molecule has 0 spiro atoms. The van der Waals surface area contributed by atoms with E-state index < -0.39 is 0 Å². The van der Waals surface area contributed by atoms with Crippen LogP contribution in [-0.2, 0) is 5.41 Å². The zero-order valence-corrected chi connectivity index (χ0v) is 23.1. The first-order chi connectivity index (χ1) is 20.0. The molecular weight excluding hydrogens is 498 g/mol. The number of hydrogen-bond acceptors (Lipinski definition) is 2. The number of carbonyl (C=O) groups excluding carboxylic acids is 1. The fourth-order valence-electron chi connectivity index (χ4n) is 6.04. The van der Waals surface area contributed by atoms with Gasteiger partial charge >= 0.3 is 0 Å². The molecule has 0 saturated carbocycles. The SMILES string of the molecule is CC1(C)c2ccccc2C(=O)c2ccc(-c3cccc(-c4cc(-c5ccccc5)nc(-c5ccccc5)c4)c3)cc21. The monoisotopic (exact) mass is 527 g/mol. The minimum Gasteiger partial charge on any atom is -0.289 e. The van der Waals surface area contributed by atoms with Crippen molar-refractivity contribution in [2.45, 2.75) is 19.3 Å². The van der Waals surface area contributed by atoms with Crippen molar-refractivity contribution in [3.05, 3.63) is 162 Å². The second-order valence-corrected chi connectivity index (χ2v) is 11.2. The first-order valence-corrected chi connectivity index (χ1v) is 14.0. The van der Waals surface area contributed by atoms with Gasteiger partial charge in [0.05, 0.1) is 11.4 Å². The Morgan fingerprint density at radius 2 is 0.951 bits per heavy atom. The second-order valence-electron chi connectivity index (χ2n) is 11.2. The van der Waals surface area contributed by atoms with E-state index in [9.17, 15) is 4.79 Å². The van der Waals surface area contributed by atoms with Gasteiger partial charge < -0.3 is 0 Å². The van der Waals surface area contributed by atoms with E-state index in [1.165, 1.54) is 0 Å². The molecule has 0 unspecified atom stereocenters. The van der Waals surface area contributed by atoms with E-state index in [-0.39, 0.29) is 11.2 Å². The molecule has 0 saturated heterocycles. The van der Waals surface area contributed by atoms with Gasteiger partial charge in [-0.05, 0) is 57.6 Å². The number of aromatic nitrogens is 1. The van der Waals surface area contributed by atoms with Crippen LogP contribution in [0.1, 0.15) is 40.9 Å². The molecule has 0 amide bonds. The fourth-order valence-corrected chi connectivity index (χ4v) is 6.04. The van der Waals surface area contributed by atoms with E-state index in [2.05, 4.69) is 92.7 Å². The van der Waals surface area contributed by atoms with E-state index in [4.69, 9.17) is 4.98 Å². The molecule has 196 valence electrons. The molecule has 0 bridgehead atoms. The van der Waals surface area contributed by atoms with E-state index >= 15 is 0 Å². The molecule has 5 aromatic carbocycles. The Kier molecular flexibility index (Phi) is 5.98. The van der Waals surface area contributed by atoms with Gasteiger partial charge in [-0.1, -0.05) is 129 Å². The number of fused-ring (bicyclic) bond motifs is 2. The van der Waals surface area contributed by atoms with Gasteiger partial charge in [-0.25, -0.2) is 4.98 Å². The summed E-state index contributed by atoms with van der Waals surface area (Å²) in [4.78, 5) is 18.4. The van der Waals surface area contributed by atoms with Crippen LogP contribution < -0.4 is 0 Å². The summed E-state index contributed by atoms with van der Waals surface area (Å²) in [5.41, 5.74) is 12.0. The first kappa shape index (κ1) is 24.9. The zero-order chi connectivity index (χ0) is 28.0. The summed E-state index contributed by atoms with van der Waals surface area (Å²) in [6, 6.07) is 48.0. The third-order valence-electron chi connectivity index (χ3n) is 8.28. The predicted molar refractivity (Wildman–Crippen MR) is 168 cm³/mol. The lowest BCUT2D eigenvalue weighted by Crippen LogP contribution is -2.30. The Balaban J connectivity index is 1.34. The van der Waals surface area contributed by atoms with Gasteiger partial charge in [0.15, 0.2) is 5.78 Å². The van der Waals surface area contributed by atoms with Crippen LogP contribution >= 0.6 is 0 Å². The van der Waals surface area contributed by atoms with Crippen molar-refractivity contribution in [2.75, 3.05) is 0 Å². The number of benzene rings is 5. The number of hydrogen-bond donors (Lipinski definition) is 0. The number of carbonyl (C=O) groups is 1. The second kappa shape index (κ2) is 9.83. The molecule has 1 aliphatic rings. The number of rotatable bonds is 4. The van der Waals surface area contributed by atoms with Crippen LogP contribution in [0.3, 0.4) is 0 Å². The highest BCUT2D eigenvalue weighted by Crippen LogP contribution is 2.43. The van der Waals surface area contributed by atoms with Crippen LogP contribution in [0.4, 0.5) is 0 Å². The summed E-state index contributed by atoms with van der Waals surface area (Å²) < 4.78 is 0. The first-order valence-electron chi connectivity index (χ1n) is 14.0. The van der Waals surface area contributed by atoms with Crippen LogP contribution in [0, 0.1) is 0 Å². The Hall–Kier alpha value is -5.08. The number of pyridine rings is 1. The lowest BCUT2D eigenvalue weighted by Gasteiger charge is -2.34. The highest BCUT2D eigenvalue weighted by molar-refractivity contribution is 6.13. The molecule has 1 aliphatic carbocycles. The minimum absolute atomic E-state index is 0.105. The summed E-state index contributed by atoms with van der Waals surface area (Å²) in [7, 11) is 0. The van der Waals surface area contributed by atoms with E-state index in [0.29, 0.717) is 0 Å². The van der Waals surface area contributed by atoms with Gasteiger partial charge in [0.1, 0.15) is 0 Å². The molecule has 1 heterocycles. The van der Waals surface area contributed by atoms with Gasteiger partial charge in [-0.15, -0.1) is 0 Å². The Labute approximate surface area is 241 Å². The predicted octanol–water partition coefficient (Wildman–Crippen LogP) is 9.62. The summed E-state index contributed by atoms with van der Waals surface area (Å²) in [5, 5.41) is 0. The molecule has 2 nitrogen and oxygen atoms in total. The van der Waals surface area contributed by atoms with Crippen molar-refractivity contribution in [2.24, 2.45) is 0 Å². The van der Waals surface area contributed by atoms with Gasteiger partial charge in [0.2, 0.25) is 0 Å². The smallest absolute Gasteiger partial charge is 0.193 e. The Morgan fingerprint density at radius 3 is 1.61 bits per heavy atom. The average molecular weight is 528 g/mol. The molecule has 41 heavy (non-hydrogen) atoms. The van der Waals surface area contributed by atoms with Crippen LogP contribution in [0.15, 0.2) is 140 Å². The number of ketones is 1. The third-order valence-corrected chi connectivity index (χ3v) is 8.28. The van der Waals surface area contributed by atoms with Crippen molar-refractivity contribution in [3.63, 3.8) is 0 Å². The maximum absolute atomic E-state index is 13.4. The van der Waals surface area contributed by atoms with Crippen molar-refractivity contribution in [1.82, 2.24) is 4.98 Å². The quantitative estimate of drug-likeness (QED) is 0.228. The molecule has 0 N–H and O–H groups in total. The molecule has 0 aliphatic heterocycles. The van der Waals surface area contributed by atoms with Crippen LogP contribution in [0.25, 0.3) is 44.8 Å². The normalized spacial score (nSPS) is 13.4. The zero-order valence-electron chi connectivity index (χ0n) is 23.1. The van der Waals surface area contributed by atoms with Gasteiger partial charge in [0, 0.05) is 27.7 Å². The van der Waals surface area contributed by atoms with Crippen molar-refractivity contribution >= 4 is 5.78 Å². The molecule has 7 rings (SSSR count). The highest BCUT2D eigenvalue weighted by atomic mass is 16.1. The Morgan fingerprint density at radius 1 is 0.439 bits per heavy atom. The molecule has 0 fully saturated rings. The Bertz CT molecular complexity index is 1860. The van der Waals surface area contributed by atoms with Gasteiger partial charge in [-0.2, -0.15) is 0 Å². The van der Waals surface area contributed by atoms with E-state index in [1.807, 2.05) is 60.7 Å². The maximum atomic E-state index is 13.4. The number of nitrogens with zero attached hydrogens (tertiary/aromatic N) is 1. The summed E-state index contributed by atoms with van der Waals surface area (Å²) >= 11 is 0. The minimum atomic E-state index is -0.270. The molecule has 1 aromatic heterocycles. The van der Waals surface area contributed by atoms with Crippen molar-refractivity contribution in [1.29, 1.82) is 0 Å². The van der Waals surface area contributed by atoms with Crippen LogP contribution in [0.5, 0.6) is 0 Å². The standard InChI is InChI=1S/C39H29NO/c1-39(2)34-19-10-9-18-32(34)38(41)33-21-20-30(23-35(33)39)28-16-11-17-29(22-28)31-24-36(26-12-5-3-6-13-26)40-37(25-31)27-14-7-4-8-15-27/h3-25H,1-2H3. The summed E-state index contributed by atoms with van der Waals surface area (Å²) in [6.07, 6.45) is 0.